The van der Waals surface area contributed by atoms with Crippen molar-refractivity contribution in [3.8, 4) is 0 Å². The number of urea groups is 1. The van der Waals surface area contributed by atoms with Crippen molar-refractivity contribution in [2.45, 2.75) is 163 Å². The number of esters is 1. The standard InChI is InChI=1S/C36H63N3O13S/c1-21(42)39-33(7)28(2,18-49-19-32(6)35(9,47)36(10,48)34(8,46)30(4,17-41)52-32)26(44)29(3,16-40)51-31(33,5)20-50-24(43)14-12-11-13-23-25-22(15-53-23)37-27(45)38-25/h22-23,25-26,40-41,44,46-48H,11-20H2,1-10H3,(H,39,42)(H2,37,38,45)/t22-,23?,25-,26-,28?,29?,30?,31+,32-,33?,34-,35?,36?/m0/s1. The Balaban J connectivity index is 1.52. The summed E-state index contributed by atoms with van der Waals surface area (Å²) in [5.41, 5.74) is -16.2. The summed E-state index contributed by atoms with van der Waals surface area (Å²) in [4.78, 5) is 37.6. The summed E-state index contributed by atoms with van der Waals surface area (Å²) in [6.45, 7) is 11.9. The first-order valence-corrected chi connectivity index (χ1v) is 19.4. The molecule has 4 aliphatic heterocycles. The summed E-state index contributed by atoms with van der Waals surface area (Å²) in [6, 6.07) is 0.0362. The zero-order chi connectivity index (χ0) is 40.3. The van der Waals surface area contributed by atoms with Gasteiger partial charge < -0.3 is 65.5 Å². The van der Waals surface area contributed by atoms with Gasteiger partial charge in [-0.15, -0.1) is 0 Å². The minimum atomic E-state index is -2.22. The summed E-state index contributed by atoms with van der Waals surface area (Å²) in [5, 5.41) is 76.5. The van der Waals surface area contributed by atoms with Gasteiger partial charge in [-0.05, 0) is 68.2 Å². The average Bonchev–Trinajstić information content (AvgIpc) is 3.62. The lowest BCUT2D eigenvalue weighted by Gasteiger charge is -2.66. The predicted octanol–water partition coefficient (Wildman–Crippen LogP) is -0.133. The van der Waals surface area contributed by atoms with Crippen LogP contribution in [0.2, 0.25) is 0 Å². The molecule has 13 atom stereocenters. The van der Waals surface area contributed by atoms with E-state index in [9.17, 15) is 45.0 Å². The van der Waals surface area contributed by atoms with Crippen LogP contribution >= 0.6 is 11.8 Å². The lowest BCUT2D eigenvalue weighted by Crippen LogP contribution is -2.85. The first kappa shape index (κ1) is 43.9. The normalized spacial score (nSPS) is 48.1. The van der Waals surface area contributed by atoms with E-state index in [4.69, 9.17) is 18.9 Å². The molecular weight excluding hydrogens is 714 g/mol. The van der Waals surface area contributed by atoms with Gasteiger partial charge in [0.2, 0.25) is 5.91 Å². The van der Waals surface area contributed by atoms with E-state index in [0.717, 1.165) is 18.6 Å². The fraction of sp³-hybridized carbons (Fsp3) is 0.917. The molecule has 0 bridgehead atoms. The fourth-order valence-electron chi connectivity index (χ4n) is 8.93. The van der Waals surface area contributed by atoms with Gasteiger partial charge in [0.15, 0.2) is 0 Å². The molecule has 0 saturated carbocycles. The average molecular weight is 778 g/mol. The molecule has 9 N–H and O–H groups in total. The highest BCUT2D eigenvalue weighted by Crippen LogP contribution is 2.56. The Labute approximate surface area is 316 Å². The van der Waals surface area contributed by atoms with Crippen molar-refractivity contribution in [1.29, 1.82) is 0 Å². The van der Waals surface area contributed by atoms with E-state index in [2.05, 4.69) is 16.0 Å². The molecule has 4 aliphatic rings. The number of hydrogen-bond acceptors (Lipinski definition) is 14. The highest BCUT2D eigenvalue weighted by molar-refractivity contribution is 8.00. The molecule has 16 nitrogen and oxygen atoms in total. The Bertz CT molecular complexity index is 1400. The molecular formula is C36H63N3O13S. The Hall–Kier alpha value is -1.80. The molecule has 4 rings (SSSR count). The number of aliphatic hydroxyl groups excluding tert-OH is 3. The third kappa shape index (κ3) is 6.99. The number of hydrogen-bond donors (Lipinski definition) is 9. The number of thioether (sulfide) groups is 1. The molecule has 306 valence electrons. The van der Waals surface area contributed by atoms with E-state index < -0.39 is 88.0 Å². The molecule has 3 amide bonds. The predicted molar refractivity (Wildman–Crippen MR) is 194 cm³/mol. The van der Waals surface area contributed by atoms with Crippen molar-refractivity contribution in [2.75, 3.05) is 38.8 Å². The van der Waals surface area contributed by atoms with E-state index in [0.29, 0.717) is 6.42 Å². The molecule has 4 fully saturated rings. The van der Waals surface area contributed by atoms with Crippen LogP contribution < -0.4 is 16.0 Å². The Kier molecular flexibility index (Phi) is 12.1. The van der Waals surface area contributed by atoms with Crippen molar-refractivity contribution >= 4 is 29.7 Å². The highest BCUT2D eigenvalue weighted by atomic mass is 32.2. The number of unbranched alkanes of at least 4 members (excludes halogenated alkanes) is 1. The molecule has 7 unspecified atom stereocenters. The maximum atomic E-state index is 13.1. The van der Waals surface area contributed by atoms with Gasteiger partial charge in [-0.2, -0.15) is 11.8 Å². The van der Waals surface area contributed by atoms with Crippen LogP contribution in [0.3, 0.4) is 0 Å². The summed E-state index contributed by atoms with van der Waals surface area (Å²) in [5.74, 6) is -0.139. The van der Waals surface area contributed by atoms with Crippen molar-refractivity contribution in [3.05, 3.63) is 0 Å². The molecule has 0 aromatic rings. The van der Waals surface area contributed by atoms with Crippen molar-refractivity contribution in [1.82, 2.24) is 16.0 Å². The Morgan fingerprint density at radius 2 is 1.47 bits per heavy atom. The maximum Gasteiger partial charge on any atom is 0.315 e. The van der Waals surface area contributed by atoms with Gasteiger partial charge in [-0.1, -0.05) is 13.3 Å². The lowest BCUT2D eigenvalue weighted by molar-refractivity contribution is -0.408. The van der Waals surface area contributed by atoms with Crippen LogP contribution in [0.1, 0.15) is 94.9 Å². The van der Waals surface area contributed by atoms with Crippen LogP contribution in [0, 0.1) is 5.41 Å². The second-order valence-corrected chi connectivity index (χ2v) is 18.7. The van der Waals surface area contributed by atoms with Crippen LogP contribution in [-0.4, -0.2) is 156 Å². The first-order chi connectivity index (χ1) is 24.2. The van der Waals surface area contributed by atoms with Crippen LogP contribution in [0.15, 0.2) is 0 Å². The van der Waals surface area contributed by atoms with Gasteiger partial charge >= 0.3 is 12.0 Å². The zero-order valence-electron chi connectivity index (χ0n) is 32.8. The lowest BCUT2D eigenvalue weighted by atomic mass is 9.55. The molecule has 4 saturated heterocycles. The molecule has 17 heteroatoms. The van der Waals surface area contributed by atoms with E-state index in [1.807, 2.05) is 0 Å². The minimum absolute atomic E-state index is 0.0713. The summed E-state index contributed by atoms with van der Waals surface area (Å²) in [7, 11) is 0. The molecule has 0 spiro atoms. The van der Waals surface area contributed by atoms with Crippen LogP contribution in [0.25, 0.3) is 0 Å². The third-order valence-electron chi connectivity index (χ3n) is 13.6. The summed E-state index contributed by atoms with van der Waals surface area (Å²) < 4.78 is 24.7. The molecule has 4 heterocycles. The van der Waals surface area contributed by atoms with Gasteiger partial charge in [-0.25, -0.2) is 4.79 Å². The van der Waals surface area contributed by atoms with Crippen LogP contribution in [0.5, 0.6) is 0 Å². The highest BCUT2D eigenvalue weighted by Gasteiger charge is 2.74. The maximum absolute atomic E-state index is 13.1. The number of carbonyl (C=O) groups excluding carboxylic acids is 3. The largest absolute Gasteiger partial charge is 0.463 e. The van der Waals surface area contributed by atoms with Crippen LogP contribution in [0.4, 0.5) is 4.79 Å². The molecule has 0 aliphatic carbocycles. The summed E-state index contributed by atoms with van der Waals surface area (Å²) in [6.07, 6.45) is 0.749. The first-order valence-electron chi connectivity index (χ1n) is 18.3. The van der Waals surface area contributed by atoms with Gasteiger partial charge in [0, 0.05) is 29.8 Å². The van der Waals surface area contributed by atoms with E-state index in [1.165, 1.54) is 48.5 Å². The monoisotopic (exact) mass is 777 g/mol. The second kappa shape index (κ2) is 14.6. The number of amides is 3. The van der Waals surface area contributed by atoms with E-state index >= 15 is 0 Å². The van der Waals surface area contributed by atoms with Gasteiger partial charge in [-0.3, -0.25) is 9.59 Å². The Morgan fingerprint density at radius 1 is 0.849 bits per heavy atom. The van der Waals surface area contributed by atoms with Crippen molar-refractivity contribution in [3.63, 3.8) is 0 Å². The SMILES string of the molecule is CC(=O)NC1(C)C(C)(COC[C@]2(C)OC(C)(CO)[C@](C)(O)C(C)(O)C2(C)O)[C@H](O)C(C)(CO)O[C@]1(C)COC(=O)CCCCC1SC[C@@H]2NC(=O)N[C@H]12. The Morgan fingerprint density at radius 3 is 2.06 bits per heavy atom. The van der Waals surface area contributed by atoms with E-state index in [-0.39, 0.29) is 43.0 Å². The number of carbonyl (C=O) groups is 3. The molecule has 0 aromatic heterocycles. The zero-order valence-corrected chi connectivity index (χ0v) is 33.6. The quantitative estimate of drug-likeness (QED) is 0.0634. The van der Waals surface area contributed by atoms with Crippen molar-refractivity contribution in [2.24, 2.45) is 5.41 Å². The number of ether oxygens (including phenoxy) is 4. The number of aliphatic hydroxyl groups is 6. The van der Waals surface area contributed by atoms with Gasteiger partial charge in [0.1, 0.15) is 45.8 Å². The number of nitrogens with one attached hydrogen (secondary N) is 3. The second-order valence-electron chi connectivity index (χ2n) is 17.4. The molecule has 53 heavy (non-hydrogen) atoms. The van der Waals surface area contributed by atoms with Gasteiger partial charge in [0.05, 0.1) is 50.2 Å². The third-order valence-corrected chi connectivity index (χ3v) is 15.1. The van der Waals surface area contributed by atoms with Crippen LogP contribution in [-0.2, 0) is 28.5 Å². The molecule has 0 aromatic carbocycles. The minimum Gasteiger partial charge on any atom is -0.463 e. The van der Waals surface area contributed by atoms with Crippen molar-refractivity contribution < 1.29 is 64.0 Å². The fourth-order valence-corrected chi connectivity index (χ4v) is 10.5. The number of fused-ring (bicyclic) bond motifs is 1. The molecule has 0 radical (unpaired) electrons. The summed E-state index contributed by atoms with van der Waals surface area (Å²) >= 11 is 1.80. The smallest absolute Gasteiger partial charge is 0.315 e. The van der Waals surface area contributed by atoms with Gasteiger partial charge in [0.25, 0.3) is 0 Å². The number of rotatable bonds is 14. The van der Waals surface area contributed by atoms with E-state index in [1.54, 1.807) is 32.5 Å². The topological polar surface area (TPSA) is 246 Å².